The standard InChI is InChI=1S/C24H28N2O4S/c1-16(2)23-22(27)21-18(6-3-7-19(21)30-23)29-14-5-11-26-12-9-17(10-13-26)25-24(28)20-8-4-15-31-20/h3-4,6-8,15,17H,5,9-14H2,1-2H3,(H,25,28). The Morgan fingerprint density at radius 2 is 2.03 bits per heavy atom. The molecule has 1 fully saturated rings. The number of Topliss-reactive ketones (excluding diaryl/α,β-unsaturated/α-hetero) is 1. The number of nitrogens with zero attached hydrogens (tertiary/aromatic N) is 1. The molecule has 0 radical (unpaired) electrons. The van der Waals surface area contributed by atoms with Crippen LogP contribution in [0, 0.1) is 0 Å². The fourth-order valence-corrected chi connectivity index (χ4v) is 4.60. The molecule has 0 unspecified atom stereocenters. The van der Waals surface area contributed by atoms with Crippen molar-refractivity contribution in [2.75, 3.05) is 26.2 Å². The Morgan fingerprint density at radius 3 is 2.74 bits per heavy atom. The van der Waals surface area contributed by atoms with E-state index in [4.69, 9.17) is 9.47 Å². The molecule has 4 rings (SSSR count). The number of benzene rings is 1. The topological polar surface area (TPSA) is 67.9 Å². The molecule has 0 atom stereocenters. The van der Waals surface area contributed by atoms with Crippen LogP contribution < -0.4 is 14.8 Å². The number of hydrogen-bond acceptors (Lipinski definition) is 6. The molecule has 1 aromatic heterocycles. The molecule has 2 aliphatic heterocycles. The number of hydrogen-bond donors (Lipinski definition) is 1. The normalized spacial score (nSPS) is 16.7. The molecule has 1 N–H and O–H groups in total. The maximum Gasteiger partial charge on any atom is 0.261 e. The van der Waals surface area contributed by atoms with E-state index in [2.05, 4.69) is 10.2 Å². The average molecular weight is 441 g/mol. The summed E-state index contributed by atoms with van der Waals surface area (Å²) < 4.78 is 11.6. The van der Waals surface area contributed by atoms with E-state index in [0.29, 0.717) is 29.4 Å². The fourth-order valence-electron chi connectivity index (χ4n) is 3.97. The van der Waals surface area contributed by atoms with Gasteiger partial charge in [0.1, 0.15) is 17.1 Å². The van der Waals surface area contributed by atoms with Gasteiger partial charge in [0.15, 0.2) is 5.76 Å². The second-order valence-corrected chi connectivity index (χ2v) is 9.11. The fraction of sp³-hybridized carbons (Fsp3) is 0.417. The molecule has 0 bridgehead atoms. The summed E-state index contributed by atoms with van der Waals surface area (Å²) in [5.74, 6) is 1.50. The van der Waals surface area contributed by atoms with Gasteiger partial charge in [0.05, 0.1) is 11.5 Å². The summed E-state index contributed by atoms with van der Waals surface area (Å²) in [4.78, 5) is 28.0. The summed E-state index contributed by atoms with van der Waals surface area (Å²) in [6.07, 6.45) is 2.80. The van der Waals surface area contributed by atoms with E-state index in [9.17, 15) is 9.59 Å². The number of ether oxygens (including phenoxy) is 2. The van der Waals surface area contributed by atoms with Crippen molar-refractivity contribution < 1.29 is 19.1 Å². The van der Waals surface area contributed by atoms with E-state index < -0.39 is 0 Å². The van der Waals surface area contributed by atoms with E-state index in [1.54, 1.807) is 6.07 Å². The third kappa shape index (κ3) is 4.99. The minimum absolute atomic E-state index is 0.0343. The molecule has 164 valence electrons. The number of likely N-dealkylation sites (tertiary alicyclic amines) is 1. The van der Waals surface area contributed by atoms with E-state index in [-0.39, 0.29) is 17.7 Å². The van der Waals surface area contributed by atoms with Crippen LogP contribution >= 0.6 is 11.3 Å². The number of piperidine rings is 1. The monoisotopic (exact) mass is 440 g/mol. The minimum atomic E-state index is -0.0998. The largest absolute Gasteiger partial charge is 0.493 e. The number of ketones is 1. The van der Waals surface area contributed by atoms with Crippen molar-refractivity contribution in [2.24, 2.45) is 0 Å². The highest BCUT2D eigenvalue weighted by Crippen LogP contribution is 2.38. The van der Waals surface area contributed by atoms with Gasteiger partial charge in [-0.1, -0.05) is 12.1 Å². The number of nitrogens with one attached hydrogen (secondary N) is 1. The van der Waals surface area contributed by atoms with Gasteiger partial charge in [-0.15, -0.1) is 11.3 Å². The van der Waals surface area contributed by atoms with Crippen LogP contribution in [0.5, 0.6) is 11.5 Å². The first-order valence-corrected chi connectivity index (χ1v) is 11.6. The molecular formula is C24H28N2O4S. The lowest BCUT2D eigenvalue weighted by atomic mass is 10.0. The Hall–Kier alpha value is -2.64. The van der Waals surface area contributed by atoms with Crippen LogP contribution in [0.3, 0.4) is 0 Å². The smallest absolute Gasteiger partial charge is 0.261 e. The summed E-state index contributed by atoms with van der Waals surface area (Å²) in [7, 11) is 0. The zero-order valence-electron chi connectivity index (χ0n) is 18.0. The van der Waals surface area contributed by atoms with Crippen molar-refractivity contribution in [1.82, 2.24) is 10.2 Å². The summed E-state index contributed by atoms with van der Waals surface area (Å²) in [6.45, 7) is 7.15. The van der Waals surface area contributed by atoms with E-state index in [1.807, 2.05) is 43.5 Å². The molecule has 1 aromatic carbocycles. The molecule has 31 heavy (non-hydrogen) atoms. The van der Waals surface area contributed by atoms with Crippen LogP contribution in [0.2, 0.25) is 0 Å². The Kier molecular flexibility index (Phi) is 6.73. The van der Waals surface area contributed by atoms with Gasteiger partial charge in [0.25, 0.3) is 5.91 Å². The third-order valence-electron chi connectivity index (χ3n) is 5.63. The van der Waals surface area contributed by atoms with E-state index in [1.165, 1.54) is 11.3 Å². The van der Waals surface area contributed by atoms with E-state index >= 15 is 0 Å². The van der Waals surface area contributed by atoms with Crippen molar-refractivity contribution in [3.05, 3.63) is 57.5 Å². The van der Waals surface area contributed by atoms with Gasteiger partial charge in [-0.3, -0.25) is 9.59 Å². The van der Waals surface area contributed by atoms with Crippen LogP contribution in [0.25, 0.3) is 0 Å². The quantitative estimate of drug-likeness (QED) is 0.514. The van der Waals surface area contributed by atoms with Crippen LogP contribution in [-0.2, 0) is 0 Å². The molecule has 6 nitrogen and oxygen atoms in total. The number of carbonyl (C=O) groups is 2. The number of rotatable bonds is 7. The lowest BCUT2D eigenvalue weighted by Crippen LogP contribution is -2.44. The molecule has 3 heterocycles. The van der Waals surface area contributed by atoms with Crippen LogP contribution in [0.15, 0.2) is 47.0 Å². The predicted octanol–water partition coefficient (Wildman–Crippen LogP) is 4.28. The third-order valence-corrected chi connectivity index (χ3v) is 6.50. The average Bonchev–Trinajstić information content (AvgIpc) is 3.41. The first kappa shape index (κ1) is 21.6. The highest BCUT2D eigenvalue weighted by Gasteiger charge is 2.31. The maximum absolute atomic E-state index is 12.6. The summed E-state index contributed by atoms with van der Waals surface area (Å²) in [6, 6.07) is 9.48. The van der Waals surface area contributed by atoms with Crippen LogP contribution in [0.4, 0.5) is 0 Å². The van der Waals surface area contributed by atoms with Crippen molar-refractivity contribution in [3.8, 4) is 11.5 Å². The van der Waals surface area contributed by atoms with Gasteiger partial charge in [0.2, 0.25) is 5.78 Å². The van der Waals surface area contributed by atoms with Crippen molar-refractivity contribution in [3.63, 3.8) is 0 Å². The van der Waals surface area contributed by atoms with Crippen LogP contribution in [-0.4, -0.2) is 48.9 Å². The van der Waals surface area contributed by atoms with Gasteiger partial charge in [-0.2, -0.15) is 0 Å². The Balaban J connectivity index is 1.20. The zero-order valence-corrected chi connectivity index (χ0v) is 18.8. The van der Waals surface area contributed by atoms with Gasteiger partial charge < -0.3 is 19.7 Å². The summed E-state index contributed by atoms with van der Waals surface area (Å²) in [5.41, 5.74) is 1.39. The number of allylic oxidation sites excluding steroid dienone is 2. The Bertz CT molecular complexity index is 971. The van der Waals surface area contributed by atoms with Gasteiger partial charge in [-0.05, 0) is 62.3 Å². The second kappa shape index (κ2) is 9.66. The van der Waals surface area contributed by atoms with Gasteiger partial charge in [0, 0.05) is 25.7 Å². The first-order chi connectivity index (χ1) is 15.0. The lowest BCUT2D eigenvalue weighted by molar-refractivity contribution is 0.0913. The minimum Gasteiger partial charge on any atom is -0.493 e. The predicted molar refractivity (Wildman–Crippen MR) is 121 cm³/mol. The number of fused-ring (bicyclic) bond motifs is 1. The molecule has 0 saturated carbocycles. The number of carbonyl (C=O) groups excluding carboxylic acids is 2. The van der Waals surface area contributed by atoms with Crippen LogP contribution in [0.1, 0.15) is 53.1 Å². The van der Waals surface area contributed by atoms with Gasteiger partial charge in [-0.25, -0.2) is 0 Å². The number of amides is 1. The molecular weight excluding hydrogens is 412 g/mol. The van der Waals surface area contributed by atoms with Crippen molar-refractivity contribution >= 4 is 23.0 Å². The second-order valence-electron chi connectivity index (χ2n) is 8.16. The maximum atomic E-state index is 12.6. The highest BCUT2D eigenvalue weighted by molar-refractivity contribution is 7.12. The molecule has 0 spiro atoms. The SMILES string of the molecule is CC(C)=C1Oc2cccc(OCCCN3CCC(NC(=O)c4cccs4)CC3)c2C1=O. The highest BCUT2D eigenvalue weighted by atomic mass is 32.1. The van der Waals surface area contributed by atoms with Crippen molar-refractivity contribution in [2.45, 2.75) is 39.2 Å². The van der Waals surface area contributed by atoms with E-state index in [0.717, 1.165) is 49.3 Å². The molecule has 7 heteroatoms. The lowest BCUT2D eigenvalue weighted by Gasteiger charge is -2.32. The Labute approximate surface area is 186 Å². The molecule has 2 aliphatic rings. The summed E-state index contributed by atoms with van der Waals surface area (Å²) >= 11 is 1.47. The zero-order chi connectivity index (χ0) is 21.8. The molecule has 1 amide bonds. The number of thiophene rings is 1. The molecule has 2 aromatic rings. The molecule has 0 aliphatic carbocycles. The molecule has 1 saturated heterocycles. The van der Waals surface area contributed by atoms with Crippen molar-refractivity contribution in [1.29, 1.82) is 0 Å². The Morgan fingerprint density at radius 1 is 1.23 bits per heavy atom. The van der Waals surface area contributed by atoms with Gasteiger partial charge >= 0.3 is 0 Å². The first-order valence-electron chi connectivity index (χ1n) is 10.8. The summed E-state index contributed by atoms with van der Waals surface area (Å²) in [5, 5.41) is 5.07.